The fourth-order valence-corrected chi connectivity index (χ4v) is 2.45. The van der Waals surface area contributed by atoms with Gasteiger partial charge in [-0.05, 0) is 38.1 Å². The summed E-state index contributed by atoms with van der Waals surface area (Å²) in [7, 11) is 1.71. The fraction of sp³-hybridized carbons (Fsp3) is 0.500. The van der Waals surface area contributed by atoms with Crippen LogP contribution < -0.4 is 5.73 Å². The highest BCUT2D eigenvalue weighted by atomic mass is 16.6. The quantitative estimate of drug-likeness (QED) is 0.502. The van der Waals surface area contributed by atoms with Crippen LogP contribution in [0.3, 0.4) is 0 Å². The second-order valence-electron chi connectivity index (χ2n) is 5.31. The fourth-order valence-electron chi connectivity index (χ4n) is 2.45. The molecule has 2 rings (SSSR count). The average molecular weight is 292 g/mol. The number of carbonyl (C=O) groups is 1. The molecule has 0 saturated carbocycles. The number of nitro groups is 1. The van der Waals surface area contributed by atoms with E-state index in [1.807, 2.05) is 0 Å². The van der Waals surface area contributed by atoms with Crippen LogP contribution in [-0.2, 0) is 0 Å². The van der Waals surface area contributed by atoms with Gasteiger partial charge < -0.3 is 15.5 Å². The van der Waals surface area contributed by atoms with Crippen LogP contribution >= 0.6 is 0 Å². The zero-order valence-electron chi connectivity index (χ0n) is 12.1. The average Bonchev–Trinajstić information content (AvgIpc) is 2.97. The number of nitrogens with zero attached hydrogens (tertiary/aromatic N) is 3. The first kappa shape index (κ1) is 15.2. The van der Waals surface area contributed by atoms with Gasteiger partial charge in [-0.25, -0.2) is 0 Å². The maximum absolute atomic E-state index is 12.3. The standard InChI is InChI=1S/C14H20N4O3/c1-16(8-9-17-6-2-3-7-17)14(19)11-4-5-12(15)13(10-11)18(20)21/h4-5,10H,2-3,6-9,15H2,1H3. The Kier molecular flexibility index (Phi) is 4.74. The molecule has 1 aromatic carbocycles. The molecule has 0 aliphatic carbocycles. The van der Waals surface area contributed by atoms with Gasteiger partial charge in [0.25, 0.3) is 11.6 Å². The van der Waals surface area contributed by atoms with Gasteiger partial charge in [-0.15, -0.1) is 0 Å². The minimum atomic E-state index is -0.573. The Hall–Kier alpha value is -2.15. The first-order valence-electron chi connectivity index (χ1n) is 7.01. The number of nitrogen functional groups attached to an aromatic ring is 1. The Bertz CT molecular complexity index is 541. The highest BCUT2D eigenvalue weighted by molar-refractivity contribution is 5.95. The topological polar surface area (TPSA) is 92.7 Å². The number of hydrogen-bond donors (Lipinski definition) is 1. The molecule has 1 aliphatic heterocycles. The van der Waals surface area contributed by atoms with Crippen LogP contribution in [0.1, 0.15) is 23.2 Å². The van der Waals surface area contributed by atoms with Gasteiger partial charge >= 0.3 is 0 Å². The van der Waals surface area contributed by atoms with Crippen LogP contribution in [0.4, 0.5) is 11.4 Å². The highest BCUT2D eigenvalue weighted by Crippen LogP contribution is 2.22. The number of anilines is 1. The number of hydrogen-bond acceptors (Lipinski definition) is 5. The van der Waals surface area contributed by atoms with Crippen molar-refractivity contribution in [2.24, 2.45) is 0 Å². The lowest BCUT2D eigenvalue weighted by Gasteiger charge is -2.21. The normalized spacial score (nSPS) is 15.1. The smallest absolute Gasteiger partial charge is 0.292 e. The summed E-state index contributed by atoms with van der Waals surface area (Å²) in [6.07, 6.45) is 2.42. The lowest BCUT2D eigenvalue weighted by Crippen LogP contribution is -2.35. The van der Waals surface area contributed by atoms with Crippen LogP contribution in [0.25, 0.3) is 0 Å². The van der Waals surface area contributed by atoms with E-state index in [2.05, 4.69) is 4.90 Å². The molecule has 0 bridgehead atoms. The van der Waals surface area contributed by atoms with Crippen LogP contribution in [-0.4, -0.2) is 53.9 Å². The summed E-state index contributed by atoms with van der Waals surface area (Å²) in [6, 6.07) is 4.17. The number of likely N-dealkylation sites (N-methyl/N-ethyl adjacent to an activating group) is 1. The van der Waals surface area contributed by atoms with E-state index in [0.717, 1.165) is 19.6 Å². The molecule has 114 valence electrons. The van der Waals surface area contributed by atoms with Crippen molar-refractivity contribution in [3.05, 3.63) is 33.9 Å². The van der Waals surface area contributed by atoms with Gasteiger partial charge in [0.15, 0.2) is 0 Å². The molecule has 1 amide bonds. The van der Waals surface area contributed by atoms with Crippen molar-refractivity contribution >= 4 is 17.3 Å². The maximum Gasteiger partial charge on any atom is 0.292 e. The molecular weight excluding hydrogens is 272 g/mol. The molecule has 7 heteroatoms. The van der Waals surface area contributed by atoms with Crippen molar-refractivity contribution < 1.29 is 9.72 Å². The second kappa shape index (κ2) is 6.53. The number of amides is 1. The molecule has 0 aromatic heterocycles. The number of likely N-dealkylation sites (tertiary alicyclic amines) is 1. The van der Waals surface area contributed by atoms with Gasteiger partial charge in [0.1, 0.15) is 5.69 Å². The lowest BCUT2D eigenvalue weighted by atomic mass is 10.1. The molecule has 1 aromatic rings. The summed E-state index contributed by atoms with van der Waals surface area (Å²) >= 11 is 0. The third-order valence-electron chi connectivity index (χ3n) is 3.77. The van der Waals surface area contributed by atoms with Gasteiger partial charge in [-0.2, -0.15) is 0 Å². The van der Waals surface area contributed by atoms with E-state index in [1.165, 1.54) is 31.0 Å². The number of carbonyl (C=O) groups excluding carboxylic acids is 1. The van der Waals surface area contributed by atoms with E-state index in [0.29, 0.717) is 12.1 Å². The van der Waals surface area contributed by atoms with Crippen molar-refractivity contribution in [3.63, 3.8) is 0 Å². The van der Waals surface area contributed by atoms with Crippen molar-refractivity contribution in [1.29, 1.82) is 0 Å². The van der Waals surface area contributed by atoms with E-state index in [1.54, 1.807) is 11.9 Å². The Labute approximate surface area is 123 Å². The Morgan fingerprint density at radius 2 is 2.10 bits per heavy atom. The highest BCUT2D eigenvalue weighted by Gasteiger charge is 2.19. The first-order chi connectivity index (χ1) is 9.99. The zero-order chi connectivity index (χ0) is 15.4. The predicted octanol–water partition coefficient (Wildman–Crippen LogP) is 1.34. The zero-order valence-corrected chi connectivity index (χ0v) is 12.1. The molecule has 0 radical (unpaired) electrons. The van der Waals surface area contributed by atoms with Crippen LogP contribution in [0, 0.1) is 10.1 Å². The minimum absolute atomic E-state index is 0.0660. The number of benzene rings is 1. The third-order valence-corrected chi connectivity index (χ3v) is 3.77. The van der Waals surface area contributed by atoms with Crippen molar-refractivity contribution in [1.82, 2.24) is 9.80 Å². The first-order valence-corrected chi connectivity index (χ1v) is 7.01. The van der Waals surface area contributed by atoms with E-state index in [-0.39, 0.29) is 17.3 Å². The summed E-state index contributed by atoms with van der Waals surface area (Å²) in [4.78, 5) is 26.5. The molecule has 1 saturated heterocycles. The summed E-state index contributed by atoms with van der Waals surface area (Å²) < 4.78 is 0. The van der Waals surface area contributed by atoms with E-state index in [4.69, 9.17) is 5.73 Å². The number of nitrogens with two attached hydrogens (primary N) is 1. The summed E-state index contributed by atoms with van der Waals surface area (Å²) in [5.74, 6) is -0.225. The van der Waals surface area contributed by atoms with Crippen LogP contribution in [0.2, 0.25) is 0 Å². The predicted molar refractivity (Wildman–Crippen MR) is 80.1 cm³/mol. The lowest BCUT2D eigenvalue weighted by molar-refractivity contribution is -0.383. The monoisotopic (exact) mass is 292 g/mol. The molecule has 7 nitrogen and oxygen atoms in total. The Morgan fingerprint density at radius 3 is 2.71 bits per heavy atom. The van der Waals surface area contributed by atoms with E-state index in [9.17, 15) is 14.9 Å². The number of nitro benzene ring substituents is 1. The van der Waals surface area contributed by atoms with Gasteiger partial charge in [-0.1, -0.05) is 0 Å². The van der Waals surface area contributed by atoms with Crippen molar-refractivity contribution in [2.45, 2.75) is 12.8 Å². The summed E-state index contributed by atoms with van der Waals surface area (Å²) in [5, 5.41) is 10.9. The van der Waals surface area contributed by atoms with Crippen LogP contribution in [0.5, 0.6) is 0 Å². The molecule has 2 N–H and O–H groups in total. The van der Waals surface area contributed by atoms with E-state index < -0.39 is 4.92 Å². The van der Waals surface area contributed by atoms with Crippen LogP contribution in [0.15, 0.2) is 18.2 Å². The van der Waals surface area contributed by atoms with Crippen molar-refractivity contribution in [2.75, 3.05) is 39.0 Å². The summed E-state index contributed by atoms with van der Waals surface area (Å²) in [6.45, 7) is 3.60. The maximum atomic E-state index is 12.3. The molecule has 0 spiro atoms. The molecular formula is C14H20N4O3. The Morgan fingerprint density at radius 1 is 1.43 bits per heavy atom. The number of rotatable bonds is 5. The van der Waals surface area contributed by atoms with Crippen molar-refractivity contribution in [3.8, 4) is 0 Å². The third kappa shape index (κ3) is 3.69. The molecule has 0 unspecified atom stereocenters. The second-order valence-corrected chi connectivity index (χ2v) is 5.31. The largest absolute Gasteiger partial charge is 0.393 e. The molecule has 21 heavy (non-hydrogen) atoms. The Balaban J connectivity index is 2.01. The SMILES string of the molecule is CN(CCN1CCCC1)C(=O)c1ccc(N)c([N+](=O)[O-])c1. The van der Waals surface area contributed by atoms with E-state index >= 15 is 0 Å². The summed E-state index contributed by atoms with van der Waals surface area (Å²) in [5.41, 5.74) is 5.66. The molecule has 1 aliphatic rings. The van der Waals surface area contributed by atoms with Gasteiger partial charge in [0.2, 0.25) is 0 Å². The van der Waals surface area contributed by atoms with Gasteiger partial charge in [0.05, 0.1) is 4.92 Å². The minimum Gasteiger partial charge on any atom is -0.393 e. The molecule has 1 fully saturated rings. The molecule has 1 heterocycles. The van der Waals surface area contributed by atoms with Gasteiger partial charge in [0, 0.05) is 31.8 Å². The van der Waals surface area contributed by atoms with Gasteiger partial charge in [-0.3, -0.25) is 14.9 Å². The molecule has 0 atom stereocenters.